The second kappa shape index (κ2) is 6.17. The van der Waals surface area contributed by atoms with Crippen LogP contribution in [0.25, 0.3) is 10.9 Å². The summed E-state index contributed by atoms with van der Waals surface area (Å²) >= 11 is 0. The van der Waals surface area contributed by atoms with Crippen LogP contribution in [0.15, 0.2) is 24.3 Å². The smallest absolute Gasteiger partial charge is 0.309 e. The number of aromatic amines is 1. The van der Waals surface area contributed by atoms with Gasteiger partial charge in [-0.2, -0.15) is 5.10 Å². The second-order valence-electron chi connectivity index (χ2n) is 5.44. The number of nitrogens with one attached hydrogen (secondary N) is 1. The molecule has 2 heterocycles. The number of hydrogen-bond acceptors (Lipinski definition) is 4. The topological polar surface area (TPSA) is 75.3 Å². The van der Waals surface area contributed by atoms with Crippen LogP contribution in [-0.4, -0.2) is 46.7 Å². The molecule has 6 nitrogen and oxygen atoms in total. The summed E-state index contributed by atoms with van der Waals surface area (Å²) in [4.78, 5) is 26.1. The van der Waals surface area contributed by atoms with E-state index >= 15 is 0 Å². The quantitative estimate of drug-likeness (QED) is 0.880. The molecule has 0 unspecified atom stereocenters. The molecule has 1 saturated heterocycles. The summed E-state index contributed by atoms with van der Waals surface area (Å²) in [6.07, 6.45) is 1.29. The van der Waals surface area contributed by atoms with Crippen molar-refractivity contribution in [1.82, 2.24) is 15.1 Å². The van der Waals surface area contributed by atoms with E-state index in [1.165, 1.54) is 0 Å². The molecule has 1 aliphatic rings. The lowest BCUT2D eigenvalue weighted by Crippen LogP contribution is -2.40. The zero-order valence-electron chi connectivity index (χ0n) is 12.5. The van der Waals surface area contributed by atoms with Gasteiger partial charge in [-0.05, 0) is 25.8 Å². The minimum Gasteiger partial charge on any atom is -0.466 e. The standard InChI is InChI=1S/C16H19N3O3/c1-2-22-16(21)11-7-9-19(10-8-11)15(20)14-12-5-3-4-6-13(12)17-18-14/h3-6,11H,2,7-10H2,1H3,(H,17,18). The highest BCUT2D eigenvalue weighted by Gasteiger charge is 2.30. The molecule has 0 saturated carbocycles. The van der Waals surface area contributed by atoms with Gasteiger partial charge >= 0.3 is 5.97 Å². The van der Waals surface area contributed by atoms with E-state index in [4.69, 9.17) is 4.74 Å². The van der Waals surface area contributed by atoms with Gasteiger partial charge in [0.1, 0.15) is 0 Å². The molecular formula is C16H19N3O3. The average molecular weight is 301 g/mol. The molecule has 0 bridgehead atoms. The first-order chi connectivity index (χ1) is 10.7. The highest BCUT2D eigenvalue weighted by molar-refractivity contribution is 6.04. The van der Waals surface area contributed by atoms with Crippen LogP contribution in [0.1, 0.15) is 30.3 Å². The van der Waals surface area contributed by atoms with E-state index in [0.29, 0.717) is 38.2 Å². The third-order valence-electron chi connectivity index (χ3n) is 4.08. The minimum atomic E-state index is -0.153. The van der Waals surface area contributed by atoms with E-state index < -0.39 is 0 Å². The normalized spacial score (nSPS) is 16.0. The van der Waals surface area contributed by atoms with Crippen LogP contribution in [0.2, 0.25) is 0 Å². The van der Waals surface area contributed by atoms with Crippen molar-refractivity contribution in [1.29, 1.82) is 0 Å². The van der Waals surface area contributed by atoms with Gasteiger partial charge in [0.2, 0.25) is 0 Å². The number of aromatic nitrogens is 2. The Bertz CT molecular complexity index is 687. The second-order valence-corrected chi connectivity index (χ2v) is 5.44. The molecule has 0 atom stereocenters. The predicted octanol–water partition coefficient (Wildman–Crippen LogP) is 1.98. The number of carbonyl (C=O) groups excluding carboxylic acids is 2. The molecule has 0 radical (unpaired) electrons. The van der Waals surface area contributed by atoms with Crippen LogP contribution in [0.3, 0.4) is 0 Å². The number of nitrogens with zero attached hydrogens (tertiary/aromatic N) is 2. The van der Waals surface area contributed by atoms with Crippen molar-refractivity contribution in [2.45, 2.75) is 19.8 Å². The summed E-state index contributed by atoms with van der Waals surface area (Å²) in [6, 6.07) is 7.57. The molecule has 1 aromatic carbocycles. The van der Waals surface area contributed by atoms with Crippen molar-refractivity contribution in [2.75, 3.05) is 19.7 Å². The summed E-state index contributed by atoms with van der Waals surface area (Å²) in [7, 11) is 0. The molecule has 1 amide bonds. The van der Waals surface area contributed by atoms with Gasteiger partial charge in [-0.1, -0.05) is 18.2 Å². The number of fused-ring (bicyclic) bond motifs is 1. The van der Waals surface area contributed by atoms with Crippen molar-refractivity contribution < 1.29 is 14.3 Å². The Hall–Kier alpha value is -2.37. The fourth-order valence-electron chi connectivity index (χ4n) is 2.85. The number of para-hydroxylation sites is 1. The summed E-state index contributed by atoms with van der Waals surface area (Å²) in [5, 5.41) is 7.86. The zero-order valence-corrected chi connectivity index (χ0v) is 12.5. The van der Waals surface area contributed by atoms with Crippen molar-refractivity contribution >= 4 is 22.8 Å². The van der Waals surface area contributed by atoms with Crippen molar-refractivity contribution in [3.05, 3.63) is 30.0 Å². The first-order valence-corrected chi connectivity index (χ1v) is 7.59. The van der Waals surface area contributed by atoms with Gasteiger partial charge in [0.25, 0.3) is 5.91 Å². The first-order valence-electron chi connectivity index (χ1n) is 7.59. The number of hydrogen-bond donors (Lipinski definition) is 1. The lowest BCUT2D eigenvalue weighted by molar-refractivity contribution is -0.149. The molecule has 22 heavy (non-hydrogen) atoms. The van der Waals surface area contributed by atoms with Crippen LogP contribution in [0.4, 0.5) is 0 Å². The van der Waals surface area contributed by atoms with Gasteiger partial charge in [-0.3, -0.25) is 14.7 Å². The number of rotatable bonds is 3. The van der Waals surface area contributed by atoms with E-state index in [2.05, 4.69) is 10.2 Å². The van der Waals surface area contributed by atoms with Crippen molar-refractivity contribution in [3.8, 4) is 0 Å². The number of benzene rings is 1. The molecule has 6 heteroatoms. The van der Waals surface area contributed by atoms with Crippen LogP contribution >= 0.6 is 0 Å². The van der Waals surface area contributed by atoms with E-state index in [1.807, 2.05) is 24.3 Å². The summed E-state index contributed by atoms with van der Waals surface area (Å²) < 4.78 is 5.05. The van der Waals surface area contributed by atoms with Crippen LogP contribution in [0, 0.1) is 5.92 Å². The number of carbonyl (C=O) groups is 2. The van der Waals surface area contributed by atoms with Gasteiger partial charge in [-0.15, -0.1) is 0 Å². The van der Waals surface area contributed by atoms with E-state index in [9.17, 15) is 9.59 Å². The molecule has 2 aromatic rings. The Labute approximate surface area is 128 Å². The Morgan fingerprint density at radius 3 is 2.77 bits per heavy atom. The summed E-state index contributed by atoms with van der Waals surface area (Å²) in [5.74, 6) is -0.334. The minimum absolute atomic E-state index is 0.0836. The summed E-state index contributed by atoms with van der Waals surface area (Å²) in [5.41, 5.74) is 1.30. The molecule has 116 valence electrons. The molecule has 0 spiro atoms. The maximum Gasteiger partial charge on any atom is 0.309 e. The lowest BCUT2D eigenvalue weighted by atomic mass is 9.96. The van der Waals surface area contributed by atoms with E-state index in [1.54, 1.807) is 11.8 Å². The molecule has 1 N–H and O–H groups in total. The van der Waals surface area contributed by atoms with Gasteiger partial charge in [0, 0.05) is 18.5 Å². The largest absolute Gasteiger partial charge is 0.466 e. The van der Waals surface area contributed by atoms with Crippen LogP contribution < -0.4 is 0 Å². The van der Waals surface area contributed by atoms with Gasteiger partial charge in [0.15, 0.2) is 5.69 Å². The number of H-pyrrole nitrogens is 1. The molecule has 1 aromatic heterocycles. The number of esters is 1. The summed E-state index contributed by atoms with van der Waals surface area (Å²) in [6.45, 7) is 3.32. The maximum atomic E-state index is 12.6. The monoisotopic (exact) mass is 301 g/mol. The fourth-order valence-corrected chi connectivity index (χ4v) is 2.85. The Kier molecular flexibility index (Phi) is 4.09. The first kappa shape index (κ1) is 14.6. The van der Waals surface area contributed by atoms with Crippen LogP contribution in [0.5, 0.6) is 0 Å². The van der Waals surface area contributed by atoms with Crippen LogP contribution in [-0.2, 0) is 9.53 Å². The van der Waals surface area contributed by atoms with Crippen molar-refractivity contribution in [3.63, 3.8) is 0 Å². The van der Waals surface area contributed by atoms with Gasteiger partial charge in [0.05, 0.1) is 18.0 Å². The maximum absolute atomic E-state index is 12.6. The Morgan fingerprint density at radius 1 is 1.32 bits per heavy atom. The average Bonchev–Trinajstić information content (AvgIpc) is 2.98. The lowest BCUT2D eigenvalue weighted by Gasteiger charge is -2.30. The third-order valence-corrected chi connectivity index (χ3v) is 4.08. The zero-order chi connectivity index (χ0) is 15.5. The van der Waals surface area contributed by atoms with Gasteiger partial charge < -0.3 is 9.64 Å². The Morgan fingerprint density at radius 2 is 2.05 bits per heavy atom. The molecule has 1 fully saturated rings. The molecule has 0 aliphatic carbocycles. The number of likely N-dealkylation sites (tertiary alicyclic amines) is 1. The van der Waals surface area contributed by atoms with Crippen molar-refractivity contribution in [2.24, 2.45) is 5.92 Å². The number of amides is 1. The fraction of sp³-hybridized carbons (Fsp3) is 0.438. The molecular weight excluding hydrogens is 282 g/mol. The van der Waals surface area contributed by atoms with Gasteiger partial charge in [-0.25, -0.2) is 0 Å². The Balaban J connectivity index is 1.69. The molecule has 1 aliphatic heterocycles. The number of ether oxygens (including phenoxy) is 1. The third kappa shape index (κ3) is 2.68. The van der Waals surface area contributed by atoms with E-state index in [0.717, 1.165) is 10.9 Å². The highest BCUT2D eigenvalue weighted by Crippen LogP contribution is 2.22. The number of piperidine rings is 1. The highest BCUT2D eigenvalue weighted by atomic mass is 16.5. The SMILES string of the molecule is CCOC(=O)C1CCN(C(=O)c2n[nH]c3ccccc23)CC1. The predicted molar refractivity (Wildman–Crippen MR) is 81.4 cm³/mol. The molecule has 3 rings (SSSR count). The van der Waals surface area contributed by atoms with E-state index in [-0.39, 0.29) is 17.8 Å².